The Kier molecular flexibility index (Phi) is 8.94. The summed E-state index contributed by atoms with van der Waals surface area (Å²) in [4.78, 5) is 5.36. The molecule has 0 bridgehead atoms. The van der Waals surface area contributed by atoms with Gasteiger partial charge in [0, 0.05) is 48.4 Å². The second-order valence-corrected chi connectivity index (χ2v) is 24.7. The third kappa shape index (κ3) is 6.25. The molecule has 0 radical (unpaired) electrons. The number of rotatable bonds is 3. The van der Waals surface area contributed by atoms with Crippen molar-refractivity contribution in [1.82, 2.24) is 0 Å². The van der Waals surface area contributed by atoms with E-state index >= 15 is 0 Å². The summed E-state index contributed by atoms with van der Waals surface area (Å²) in [7, 11) is 0. The quantitative estimate of drug-likeness (QED) is 0.165. The fourth-order valence-corrected chi connectivity index (χ4v) is 13.4. The first-order chi connectivity index (χ1) is 33.0. The first-order valence-corrected chi connectivity index (χ1v) is 25.8. The summed E-state index contributed by atoms with van der Waals surface area (Å²) in [6.45, 7) is 23.6. The van der Waals surface area contributed by atoms with Crippen LogP contribution in [0.5, 0.6) is 0 Å². The first-order valence-electron chi connectivity index (χ1n) is 25.0. The van der Waals surface area contributed by atoms with Gasteiger partial charge in [-0.25, -0.2) is 0 Å². The minimum Gasteiger partial charge on any atom is -0.454 e. The highest BCUT2D eigenvalue weighted by Crippen LogP contribution is 2.56. The molecule has 0 spiro atoms. The van der Waals surface area contributed by atoms with E-state index in [0.717, 1.165) is 46.2 Å². The third-order valence-electron chi connectivity index (χ3n) is 16.2. The van der Waals surface area contributed by atoms with Crippen LogP contribution in [0.25, 0.3) is 64.4 Å². The standard InChI is InChI=1S/C64H59BN2OS/c1-61(2,3)39-24-27-41(28-25-39)67-52-37-49-48(63(7,8)32-33-64(49,9)10)36-45(52)46-35-47-42-20-14-16-22-53(42)68-60(47)59-57(46)65(67)58-51(30-31-55-56(58)43-21-15-17-23-54(43)69-55)66(59)50-29-26-40(62(4,5)6)34-44(50)38-18-12-11-13-19-38/h11-31,34-37H,32-33H2,1-10H3. The van der Waals surface area contributed by atoms with E-state index in [1.54, 1.807) is 0 Å². The van der Waals surface area contributed by atoms with Gasteiger partial charge in [-0.1, -0.05) is 154 Å². The zero-order chi connectivity index (χ0) is 47.5. The Hall–Kier alpha value is -6.56. The Balaban J connectivity index is 1.25. The molecule has 3 nitrogen and oxygen atoms in total. The monoisotopic (exact) mass is 914 g/mol. The lowest BCUT2D eigenvalue weighted by molar-refractivity contribution is 0.332. The third-order valence-corrected chi connectivity index (χ3v) is 17.4. The molecule has 0 saturated carbocycles. The van der Waals surface area contributed by atoms with Gasteiger partial charge in [0.1, 0.15) is 5.58 Å². The maximum atomic E-state index is 7.33. The number of furan rings is 1. The van der Waals surface area contributed by atoms with Gasteiger partial charge in [-0.15, -0.1) is 11.3 Å². The Bertz CT molecular complexity index is 3760. The van der Waals surface area contributed by atoms with Crippen molar-refractivity contribution < 1.29 is 4.42 Å². The molecule has 0 N–H and O–H groups in total. The van der Waals surface area contributed by atoms with Gasteiger partial charge in [-0.3, -0.25) is 0 Å². The largest absolute Gasteiger partial charge is 0.454 e. The first kappa shape index (κ1) is 42.5. The summed E-state index contributed by atoms with van der Waals surface area (Å²) in [5.41, 5.74) is 20.9. The molecule has 10 aromatic rings. The Morgan fingerprint density at radius 1 is 0.522 bits per heavy atom. The van der Waals surface area contributed by atoms with Gasteiger partial charge >= 0.3 is 6.85 Å². The summed E-state index contributed by atoms with van der Waals surface area (Å²) < 4.78 is 9.94. The molecule has 3 aliphatic rings. The summed E-state index contributed by atoms with van der Waals surface area (Å²) in [6, 6.07) is 58.1. The molecule has 2 aromatic heterocycles. The zero-order valence-electron chi connectivity index (χ0n) is 41.6. The van der Waals surface area contributed by atoms with E-state index in [0.29, 0.717) is 0 Å². The number of anilines is 5. The van der Waals surface area contributed by atoms with E-state index in [2.05, 4.69) is 231 Å². The van der Waals surface area contributed by atoms with Crippen LogP contribution in [0, 0.1) is 0 Å². The van der Waals surface area contributed by atoms with Crippen molar-refractivity contribution in [3.05, 3.63) is 174 Å². The molecule has 13 rings (SSSR count). The van der Waals surface area contributed by atoms with E-state index in [9.17, 15) is 0 Å². The van der Waals surface area contributed by atoms with Gasteiger partial charge in [0.25, 0.3) is 0 Å². The highest BCUT2D eigenvalue weighted by Gasteiger charge is 2.50. The van der Waals surface area contributed by atoms with E-state index in [1.165, 1.54) is 92.7 Å². The average molecular weight is 915 g/mol. The van der Waals surface area contributed by atoms with Gasteiger partial charge in [0.15, 0.2) is 5.58 Å². The number of hydrogen-bond donors (Lipinski definition) is 0. The number of nitrogens with zero attached hydrogens (tertiary/aromatic N) is 2. The fourth-order valence-electron chi connectivity index (χ4n) is 12.3. The molecule has 8 aromatic carbocycles. The minimum atomic E-state index is -0.194. The lowest BCUT2D eigenvalue weighted by Crippen LogP contribution is -2.62. The zero-order valence-corrected chi connectivity index (χ0v) is 42.5. The summed E-state index contributed by atoms with van der Waals surface area (Å²) in [5, 5.41) is 4.92. The number of benzene rings is 8. The smallest absolute Gasteiger partial charge is 0.333 e. The lowest BCUT2D eigenvalue weighted by atomic mass is 9.42. The van der Waals surface area contributed by atoms with Gasteiger partial charge in [0.2, 0.25) is 0 Å². The second kappa shape index (κ2) is 14.5. The van der Waals surface area contributed by atoms with Gasteiger partial charge in [-0.05, 0) is 156 Å². The van der Waals surface area contributed by atoms with Crippen molar-refractivity contribution in [1.29, 1.82) is 0 Å². The molecule has 0 saturated heterocycles. The molecular weight excluding hydrogens is 856 g/mol. The number of hydrogen-bond acceptors (Lipinski definition) is 4. The minimum absolute atomic E-state index is 0.0123. The fraction of sp³-hybridized carbons (Fsp3) is 0.250. The van der Waals surface area contributed by atoms with Crippen LogP contribution in [0.4, 0.5) is 28.4 Å². The van der Waals surface area contributed by atoms with E-state index in [4.69, 9.17) is 4.42 Å². The van der Waals surface area contributed by atoms with Crippen molar-refractivity contribution in [2.45, 2.75) is 104 Å². The highest BCUT2D eigenvalue weighted by molar-refractivity contribution is 7.26. The summed E-state index contributed by atoms with van der Waals surface area (Å²) >= 11 is 1.91. The molecule has 2 aliphatic heterocycles. The van der Waals surface area contributed by atoms with E-state index in [-0.39, 0.29) is 28.5 Å². The van der Waals surface area contributed by atoms with Gasteiger partial charge < -0.3 is 14.1 Å². The molecule has 0 fully saturated rings. The highest BCUT2D eigenvalue weighted by atomic mass is 32.1. The van der Waals surface area contributed by atoms with Crippen LogP contribution in [0.3, 0.4) is 0 Å². The molecular formula is C64H59BN2OS. The van der Waals surface area contributed by atoms with Gasteiger partial charge in [0.05, 0.1) is 11.4 Å². The van der Waals surface area contributed by atoms with E-state index in [1.807, 2.05) is 11.3 Å². The summed E-state index contributed by atoms with van der Waals surface area (Å²) in [6.07, 6.45) is 2.29. The Morgan fingerprint density at radius 2 is 1.16 bits per heavy atom. The number of para-hydroxylation sites is 1. The number of thiophene rings is 1. The van der Waals surface area contributed by atoms with Crippen LogP contribution in [0.1, 0.15) is 104 Å². The van der Waals surface area contributed by atoms with Crippen LogP contribution in [0.15, 0.2) is 156 Å². The van der Waals surface area contributed by atoms with Crippen LogP contribution in [-0.4, -0.2) is 6.85 Å². The van der Waals surface area contributed by atoms with Crippen molar-refractivity contribution in [3.63, 3.8) is 0 Å². The molecule has 69 heavy (non-hydrogen) atoms. The second-order valence-electron chi connectivity index (χ2n) is 23.6. The van der Waals surface area contributed by atoms with Crippen LogP contribution >= 0.6 is 11.3 Å². The topological polar surface area (TPSA) is 19.6 Å². The van der Waals surface area contributed by atoms with Crippen molar-refractivity contribution in [2.75, 3.05) is 9.71 Å². The van der Waals surface area contributed by atoms with Crippen molar-refractivity contribution >= 4 is 99.7 Å². The molecule has 0 atom stereocenters. The van der Waals surface area contributed by atoms with E-state index < -0.39 is 0 Å². The maximum absolute atomic E-state index is 7.33. The molecule has 4 heterocycles. The SMILES string of the molecule is CC(C)(C)c1ccc(N2B3c4c(cc5c(oc6ccccc65)c4N(c4ccc(C(C)(C)C)cc4-c4ccccc4)c4ccc5sc6ccccc6c5c43)-c3cc4c(cc32)C(C)(C)CCC4(C)C)cc1. The van der Waals surface area contributed by atoms with Crippen molar-refractivity contribution in [2.24, 2.45) is 0 Å². The van der Waals surface area contributed by atoms with Gasteiger partial charge in [-0.2, -0.15) is 0 Å². The van der Waals surface area contributed by atoms with Crippen LogP contribution < -0.4 is 20.6 Å². The summed E-state index contributed by atoms with van der Waals surface area (Å²) in [5.74, 6) is 0. The van der Waals surface area contributed by atoms with Crippen LogP contribution in [0.2, 0.25) is 0 Å². The Morgan fingerprint density at radius 3 is 1.88 bits per heavy atom. The number of fused-ring (bicyclic) bond motifs is 13. The Labute approximate surface area is 411 Å². The average Bonchev–Trinajstić information content (AvgIpc) is 3.91. The predicted octanol–water partition coefficient (Wildman–Crippen LogP) is 17.3. The van der Waals surface area contributed by atoms with Crippen LogP contribution in [-0.2, 0) is 21.7 Å². The molecule has 0 amide bonds. The molecule has 0 unspecified atom stereocenters. The van der Waals surface area contributed by atoms with Crippen molar-refractivity contribution in [3.8, 4) is 22.3 Å². The molecule has 340 valence electrons. The lowest BCUT2D eigenvalue weighted by Gasteiger charge is -2.48. The normalized spacial score (nSPS) is 16.0. The molecule has 5 heteroatoms. The predicted molar refractivity (Wildman–Crippen MR) is 298 cm³/mol. The maximum Gasteiger partial charge on any atom is 0.333 e. The molecule has 1 aliphatic carbocycles.